The zero-order valence-corrected chi connectivity index (χ0v) is 20.6. The standard InChI is InChI=1S/C27H33N3O5/c1-33-15-14-29(27(32)20-10-7-11-20)18-26(31)30-24(19-8-5-4-6-9-19)17-23(28-30)22-13-12-21(34-2)16-25(22)35-3/h4-6,8-9,12-13,16,20,24H,7,10-11,14-15,17-18H2,1-3H3. The van der Waals surface area contributed by atoms with Crippen molar-refractivity contribution >= 4 is 17.5 Å². The number of amides is 2. The number of rotatable bonds is 10. The molecule has 2 aromatic carbocycles. The number of carbonyl (C=O) groups excluding carboxylic acids is 2. The topological polar surface area (TPSA) is 80.7 Å². The number of methoxy groups -OCH3 is 3. The number of nitrogens with zero attached hydrogens (tertiary/aromatic N) is 3. The molecule has 8 nitrogen and oxygen atoms in total. The normalized spacial score (nSPS) is 17.5. The molecule has 2 amide bonds. The van der Waals surface area contributed by atoms with Gasteiger partial charge >= 0.3 is 0 Å². The Morgan fingerprint density at radius 1 is 1.06 bits per heavy atom. The molecule has 0 spiro atoms. The van der Waals surface area contributed by atoms with Gasteiger partial charge in [-0.2, -0.15) is 5.10 Å². The Balaban J connectivity index is 1.62. The lowest BCUT2D eigenvalue weighted by molar-refractivity contribution is -0.146. The highest BCUT2D eigenvalue weighted by Gasteiger charge is 2.36. The van der Waals surface area contributed by atoms with Crippen molar-refractivity contribution in [2.75, 3.05) is 41.0 Å². The summed E-state index contributed by atoms with van der Waals surface area (Å²) in [5.74, 6) is 1.13. The molecule has 0 bridgehead atoms. The lowest BCUT2D eigenvalue weighted by Gasteiger charge is -2.32. The molecule has 35 heavy (non-hydrogen) atoms. The van der Waals surface area contributed by atoms with Gasteiger partial charge in [-0.25, -0.2) is 5.01 Å². The minimum Gasteiger partial charge on any atom is -0.497 e. The summed E-state index contributed by atoms with van der Waals surface area (Å²) in [6, 6.07) is 15.1. The summed E-state index contributed by atoms with van der Waals surface area (Å²) >= 11 is 0. The SMILES string of the molecule is COCCN(CC(=O)N1N=C(c2ccc(OC)cc2OC)CC1c1ccccc1)C(=O)C1CCC1. The van der Waals surface area contributed by atoms with Gasteiger partial charge in [0, 0.05) is 37.6 Å². The van der Waals surface area contributed by atoms with Gasteiger partial charge in [0.25, 0.3) is 5.91 Å². The molecule has 0 saturated heterocycles. The molecule has 1 saturated carbocycles. The minimum absolute atomic E-state index is 0.00535. The molecular formula is C27H33N3O5. The molecule has 8 heteroatoms. The summed E-state index contributed by atoms with van der Waals surface area (Å²) in [5, 5.41) is 6.29. The molecule has 1 heterocycles. The molecule has 2 aliphatic rings. The van der Waals surface area contributed by atoms with E-state index < -0.39 is 0 Å². The van der Waals surface area contributed by atoms with Gasteiger partial charge in [-0.1, -0.05) is 36.8 Å². The van der Waals surface area contributed by atoms with Gasteiger partial charge < -0.3 is 19.1 Å². The smallest absolute Gasteiger partial charge is 0.262 e. The fraction of sp³-hybridized carbons (Fsp3) is 0.444. The highest BCUT2D eigenvalue weighted by molar-refractivity contribution is 6.05. The molecule has 2 aromatic rings. The Labute approximate surface area is 206 Å². The van der Waals surface area contributed by atoms with Crippen molar-refractivity contribution in [3.63, 3.8) is 0 Å². The fourth-order valence-electron chi connectivity index (χ4n) is 4.49. The van der Waals surface area contributed by atoms with Crippen molar-refractivity contribution in [1.29, 1.82) is 0 Å². The lowest BCUT2D eigenvalue weighted by atomic mass is 9.84. The van der Waals surface area contributed by atoms with Gasteiger partial charge in [0.05, 0.1) is 32.6 Å². The Morgan fingerprint density at radius 2 is 1.83 bits per heavy atom. The average molecular weight is 480 g/mol. The Hall–Kier alpha value is -3.39. The van der Waals surface area contributed by atoms with Crippen molar-refractivity contribution in [3.05, 3.63) is 59.7 Å². The highest BCUT2D eigenvalue weighted by Crippen LogP contribution is 2.36. The number of hydrogen-bond donors (Lipinski definition) is 0. The maximum Gasteiger partial charge on any atom is 0.262 e. The second kappa shape index (κ2) is 11.4. The van der Waals surface area contributed by atoms with E-state index in [2.05, 4.69) is 0 Å². The molecule has 0 aromatic heterocycles. The summed E-state index contributed by atoms with van der Waals surface area (Å²) < 4.78 is 16.1. The predicted molar refractivity (Wildman–Crippen MR) is 133 cm³/mol. The van der Waals surface area contributed by atoms with Crippen molar-refractivity contribution in [2.24, 2.45) is 11.0 Å². The molecule has 1 atom stereocenters. The van der Waals surface area contributed by atoms with E-state index in [4.69, 9.17) is 19.3 Å². The van der Waals surface area contributed by atoms with E-state index in [0.717, 1.165) is 36.1 Å². The number of ether oxygens (including phenoxy) is 3. The molecule has 4 rings (SSSR count). The first-order valence-electron chi connectivity index (χ1n) is 12.0. The first-order valence-corrected chi connectivity index (χ1v) is 12.0. The van der Waals surface area contributed by atoms with Crippen molar-refractivity contribution in [1.82, 2.24) is 9.91 Å². The van der Waals surface area contributed by atoms with Gasteiger partial charge in [-0.15, -0.1) is 0 Å². The summed E-state index contributed by atoms with van der Waals surface area (Å²) in [5.41, 5.74) is 2.55. The van der Waals surface area contributed by atoms with Crippen LogP contribution in [0.3, 0.4) is 0 Å². The molecular weight excluding hydrogens is 446 g/mol. The number of benzene rings is 2. The quantitative estimate of drug-likeness (QED) is 0.520. The largest absolute Gasteiger partial charge is 0.497 e. The molecule has 1 unspecified atom stereocenters. The predicted octanol–water partition coefficient (Wildman–Crippen LogP) is 3.66. The second-order valence-electron chi connectivity index (χ2n) is 8.86. The minimum atomic E-state index is -0.270. The van der Waals surface area contributed by atoms with Gasteiger partial charge in [0.2, 0.25) is 5.91 Å². The second-order valence-corrected chi connectivity index (χ2v) is 8.86. The van der Waals surface area contributed by atoms with Crippen LogP contribution >= 0.6 is 0 Å². The molecule has 1 fully saturated rings. The van der Waals surface area contributed by atoms with Crippen LogP contribution in [0, 0.1) is 5.92 Å². The number of hydrogen-bond acceptors (Lipinski definition) is 6. The van der Waals surface area contributed by atoms with Gasteiger partial charge in [0.1, 0.15) is 18.0 Å². The van der Waals surface area contributed by atoms with Crippen LogP contribution in [0.15, 0.2) is 53.6 Å². The first-order chi connectivity index (χ1) is 17.0. The van der Waals surface area contributed by atoms with Crippen molar-refractivity contribution < 1.29 is 23.8 Å². The zero-order valence-electron chi connectivity index (χ0n) is 20.6. The van der Waals surface area contributed by atoms with Crippen LogP contribution in [0.2, 0.25) is 0 Å². The van der Waals surface area contributed by atoms with Gasteiger partial charge in [-0.05, 0) is 30.5 Å². The van der Waals surface area contributed by atoms with Crippen LogP contribution in [0.5, 0.6) is 11.5 Å². The molecule has 1 aliphatic heterocycles. The summed E-state index contributed by atoms with van der Waals surface area (Å²) in [6.07, 6.45) is 3.36. The third-order valence-corrected chi connectivity index (χ3v) is 6.73. The van der Waals surface area contributed by atoms with E-state index >= 15 is 0 Å². The molecule has 186 valence electrons. The van der Waals surface area contributed by atoms with Crippen LogP contribution in [-0.4, -0.2) is 68.5 Å². The third-order valence-electron chi connectivity index (χ3n) is 6.73. The van der Waals surface area contributed by atoms with E-state index in [1.807, 2.05) is 48.5 Å². The summed E-state index contributed by atoms with van der Waals surface area (Å²) in [7, 11) is 4.80. The zero-order chi connectivity index (χ0) is 24.8. The van der Waals surface area contributed by atoms with E-state index in [9.17, 15) is 9.59 Å². The van der Waals surface area contributed by atoms with Gasteiger partial charge in [-0.3, -0.25) is 9.59 Å². The van der Waals surface area contributed by atoms with Gasteiger partial charge in [0.15, 0.2) is 0 Å². The summed E-state index contributed by atoms with van der Waals surface area (Å²) in [6.45, 7) is 0.730. The van der Waals surface area contributed by atoms with Crippen molar-refractivity contribution in [3.8, 4) is 11.5 Å². The van der Waals surface area contributed by atoms with E-state index in [1.165, 1.54) is 5.01 Å². The third kappa shape index (κ3) is 5.48. The number of hydrazone groups is 1. The van der Waals surface area contributed by atoms with Crippen LogP contribution in [0.25, 0.3) is 0 Å². The van der Waals surface area contributed by atoms with E-state index in [0.29, 0.717) is 31.1 Å². The fourth-order valence-corrected chi connectivity index (χ4v) is 4.49. The van der Waals surface area contributed by atoms with Crippen LogP contribution < -0.4 is 9.47 Å². The monoisotopic (exact) mass is 479 g/mol. The highest BCUT2D eigenvalue weighted by atomic mass is 16.5. The Bertz CT molecular complexity index is 1070. The number of carbonyl (C=O) groups is 2. The van der Waals surface area contributed by atoms with E-state index in [1.54, 1.807) is 26.2 Å². The average Bonchev–Trinajstić information content (AvgIpc) is 3.31. The summed E-state index contributed by atoms with van der Waals surface area (Å²) in [4.78, 5) is 28.2. The maximum atomic E-state index is 13.6. The van der Waals surface area contributed by atoms with Crippen LogP contribution in [-0.2, 0) is 14.3 Å². The first kappa shape index (κ1) is 24.7. The van der Waals surface area contributed by atoms with E-state index in [-0.39, 0.29) is 30.3 Å². The van der Waals surface area contributed by atoms with Crippen molar-refractivity contribution in [2.45, 2.75) is 31.7 Å². The maximum absolute atomic E-state index is 13.6. The molecule has 0 radical (unpaired) electrons. The van der Waals surface area contributed by atoms with Crippen LogP contribution in [0.1, 0.15) is 42.9 Å². The Morgan fingerprint density at radius 3 is 2.46 bits per heavy atom. The molecule has 1 aliphatic carbocycles. The van der Waals surface area contributed by atoms with Crippen LogP contribution in [0.4, 0.5) is 0 Å². The lowest BCUT2D eigenvalue weighted by Crippen LogP contribution is -2.46. The molecule has 0 N–H and O–H groups in total. The Kier molecular flexibility index (Phi) is 8.02.